The van der Waals surface area contributed by atoms with Crippen LogP contribution in [0, 0.1) is 0 Å². The van der Waals surface area contributed by atoms with Crippen molar-refractivity contribution < 1.29 is 13.2 Å². The Balaban J connectivity index is 1.33. The van der Waals surface area contributed by atoms with E-state index in [1.165, 1.54) is 0 Å². The SMILES string of the molecule is O=C(C=Cc1ccc(S(=O)(=O)N2CCCCCC2)cc1)N1CCN(c2ccccc2Cl)CC1. The summed E-state index contributed by atoms with van der Waals surface area (Å²) in [6, 6.07) is 14.5. The molecule has 176 valence electrons. The molecule has 2 aromatic rings. The van der Waals surface area contributed by atoms with Crippen LogP contribution in [0.3, 0.4) is 0 Å². The lowest BCUT2D eigenvalue weighted by atomic mass is 10.2. The number of carbonyl (C=O) groups is 1. The van der Waals surface area contributed by atoms with E-state index >= 15 is 0 Å². The zero-order chi connectivity index (χ0) is 23.3. The summed E-state index contributed by atoms with van der Waals surface area (Å²) in [6.07, 6.45) is 7.29. The number of anilines is 1. The van der Waals surface area contributed by atoms with E-state index < -0.39 is 10.0 Å². The number of halogens is 1. The maximum Gasteiger partial charge on any atom is 0.246 e. The molecule has 33 heavy (non-hydrogen) atoms. The van der Waals surface area contributed by atoms with E-state index in [9.17, 15) is 13.2 Å². The van der Waals surface area contributed by atoms with E-state index in [4.69, 9.17) is 11.6 Å². The van der Waals surface area contributed by atoms with E-state index in [2.05, 4.69) is 4.90 Å². The van der Waals surface area contributed by atoms with Crippen LogP contribution in [0.15, 0.2) is 59.5 Å². The van der Waals surface area contributed by atoms with Gasteiger partial charge in [0.05, 0.1) is 15.6 Å². The Labute approximate surface area is 201 Å². The minimum atomic E-state index is -3.46. The van der Waals surface area contributed by atoms with Gasteiger partial charge in [-0.2, -0.15) is 4.31 Å². The van der Waals surface area contributed by atoms with Crippen LogP contribution in [0.25, 0.3) is 6.08 Å². The van der Waals surface area contributed by atoms with E-state index in [1.807, 2.05) is 29.2 Å². The molecule has 6 nitrogen and oxygen atoms in total. The minimum absolute atomic E-state index is 0.0462. The van der Waals surface area contributed by atoms with Crippen LogP contribution in [0.5, 0.6) is 0 Å². The molecule has 0 N–H and O–H groups in total. The lowest BCUT2D eigenvalue weighted by molar-refractivity contribution is -0.126. The van der Waals surface area contributed by atoms with Crippen LogP contribution in [-0.4, -0.2) is 62.8 Å². The van der Waals surface area contributed by atoms with Crippen molar-refractivity contribution in [2.24, 2.45) is 0 Å². The van der Waals surface area contributed by atoms with Crippen molar-refractivity contribution in [3.63, 3.8) is 0 Å². The van der Waals surface area contributed by atoms with E-state index in [0.717, 1.165) is 55.0 Å². The molecule has 0 bridgehead atoms. The van der Waals surface area contributed by atoms with Gasteiger partial charge in [-0.25, -0.2) is 8.42 Å². The van der Waals surface area contributed by atoms with Gasteiger partial charge in [0.1, 0.15) is 0 Å². The molecule has 1 amide bonds. The second kappa shape index (κ2) is 10.7. The molecule has 0 atom stereocenters. The molecule has 2 saturated heterocycles. The van der Waals surface area contributed by atoms with E-state index in [0.29, 0.717) is 31.1 Å². The number of rotatable bonds is 5. The Morgan fingerprint density at radius 2 is 1.45 bits per heavy atom. The molecule has 0 aliphatic carbocycles. The molecule has 0 unspecified atom stereocenters. The van der Waals surface area contributed by atoms with Crippen molar-refractivity contribution in [3.8, 4) is 0 Å². The van der Waals surface area contributed by atoms with Crippen molar-refractivity contribution in [3.05, 3.63) is 65.2 Å². The summed E-state index contributed by atoms with van der Waals surface area (Å²) < 4.78 is 27.4. The zero-order valence-electron chi connectivity index (χ0n) is 18.7. The second-order valence-corrected chi connectivity index (χ2v) is 10.8. The molecule has 2 aromatic carbocycles. The quantitative estimate of drug-likeness (QED) is 0.591. The molecule has 0 aromatic heterocycles. The fraction of sp³-hybridized carbons (Fsp3) is 0.400. The Bertz CT molecular complexity index is 1090. The Morgan fingerprint density at radius 1 is 0.818 bits per heavy atom. The highest BCUT2D eigenvalue weighted by molar-refractivity contribution is 7.89. The van der Waals surface area contributed by atoms with Crippen molar-refractivity contribution in [1.29, 1.82) is 0 Å². The molecule has 0 saturated carbocycles. The molecular formula is C25H30ClN3O3S. The number of para-hydroxylation sites is 1. The normalized spacial score (nSPS) is 18.5. The number of sulfonamides is 1. The van der Waals surface area contributed by atoms with Gasteiger partial charge in [-0.05, 0) is 48.7 Å². The number of amides is 1. The van der Waals surface area contributed by atoms with Crippen LogP contribution in [0.1, 0.15) is 31.2 Å². The molecule has 2 aliphatic rings. The first-order valence-corrected chi connectivity index (χ1v) is 13.3. The smallest absolute Gasteiger partial charge is 0.246 e. The maximum absolute atomic E-state index is 12.9. The van der Waals surface area contributed by atoms with Gasteiger partial charge in [-0.3, -0.25) is 4.79 Å². The third kappa shape index (κ3) is 5.78. The second-order valence-electron chi connectivity index (χ2n) is 8.48. The summed E-state index contributed by atoms with van der Waals surface area (Å²) in [4.78, 5) is 17.0. The summed E-state index contributed by atoms with van der Waals surface area (Å²) in [7, 11) is -3.46. The number of piperazine rings is 1. The van der Waals surface area contributed by atoms with Crippen molar-refractivity contribution in [2.45, 2.75) is 30.6 Å². The molecule has 2 heterocycles. The molecule has 2 fully saturated rings. The Hall–Kier alpha value is -2.35. The van der Waals surface area contributed by atoms with Crippen LogP contribution >= 0.6 is 11.6 Å². The monoisotopic (exact) mass is 487 g/mol. The number of hydrogen-bond donors (Lipinski definition) is 0. The predicted octanol–water partition coefficient (Wildman–Crippen LogP) is 4.27. The number of benzene rings is 2. The van der Waals surface area contributed by atoms with Gasteiger partial charge in [-0.15, -0.1) is 0 Å². The standard InChI is InChI=1S/C25H30ClN3O3S/c26-23-7-3-4-8-24(23)27-17-19-28(20-18-27)25(30)14-11-21-9-12-22(13-10-21)33(31,32)29-15-5-1-2-6-16-29/h3-4,7-14H,1-2,5-6,15-20H2. The highest BCUT2D eigenvalue weighted by Gasteiger charge is 2.25. The third-order valence-corrected chi connectivity index (χ3v) is 8.52. The van der Waals surface area contributed by atoms with Gasteiger partial charge in [0, 0.05) is 45.3 Å². The van der Waals surface area contributed by atoms with E-state index in [-0.39, 0.29) is 5.91 Å². The maximum atomic E-state index is 12.9. The molecule has 8 heteroatoms. The number of hydrogen-bond acceptors (Lipinski definition) is 4. The minimum Gasteiger partial charge on any atom is -0.367 e. The molecule has 0 spiro atoms. The van der Waals surface area contributed by atoms with Crippen LogP contribution in [0.2, 0.25) is 5.02 Å². The van der Waals surface area contributed by atoms with Gasteiger partial charge in [0.15, 0.2) is 0 Å². The fourth-order valence-electron chi connectivity index (χ4n) is 4.33. The van der Waals surface area contributed by atoms with Crippen LogP contribution < -0.4 is 4.90 Å². The van der Waals surface area contributed by atoms with Crippen LogP contribution in [0.4, 0.5) is 5.69 Å². The number of nitrogens with zero attached hydrogens (tertiary/aromatic N) is 3. The average molecular weight is 488 g/mol. The van der Waals surface area contributed by atoms with Gasteiger partial charge in [0.2, 0.25) is 15.9 Å². The van der Waals surface area contributed by atoms with Crippen molar-refractivity contribution >= 4 is 39.3 Å². The Morgan fingerprint density at radius 3 is 2.09 bits per heavy atom. The number of carbonyl (C=O) groups excluding carboxylic acids is 1. The lowest BCUT2D eigenvalue weighted by Gasteiger charge is -2.36. The van der Waals surface area contributed by atoms with Crippen molar-refractivity contribution in [1.82, 2.24) is 9.21 Å². The first-order chi connectivity index (χ1) is 15.9. The lowest BCUT2D eigenvalue weighted by Crippen LogP contribution is -2.48. The van der Waals surface area contributed by atoms with Gasteiger partial charge < -0.3 is 9.80 Å². The molecule has 4 rings (SSSR count). The largest absolute Gasteiger partial charge is 0.367 e. The van der Waals surface area contributed by atoms with Gasteiger partial charge >= 0.3 is 0 Å². The average Bonchev–Trinajstić information content (AvgIpc) is 3.14. The highest BCUT2D eigenvalue weighted by atomic mass is 35.5. The first-order valence-electron chi connectivity index (χ1n) is 11.5. The Kier molecular flexibility index (Phi) is 7.73. The summed E-state index contributed by atoms with van der Waals surface area (Å²) in [5.41, 5.74) is 1.80. The van der Waals surface area contributed by atoms with Crippen LogP contribution in [-0.2, 0) is 14.8 Å². The summed E-state index contributed by atoms with van der Waals surface area (Å²) in [6.45, 7) is 3.88. The van der Waals surface area contributed by atoms with Gasteiger partial charge in [-0.1, -0.05) is 48.7 Å². The molecule has 0 radical (unpaired) electrons. The topological polar surface area (TPSA) is 60.9 Å². The molecular weight excluding hydrogens is 458 g/mol. The first kappa shape index (κ1) is 23.8. The third-order valence-electron chi connectivity index (χ3n) is 6.29. The van der Waals surface area contributed by atoms with Crippen molar-refractivity contribution in [2.75, 3.05) is 44.2 Å². The zero-order valence-corrected chi connectivity index (χ0v) is 20.3. The fourth-order valence-corrected chi connectivity index (χ4v) is 6.10. The highest BCUT2D eigenvalue weighted by Crippen LogP contribution is 2.26. The predicted molar refractivity (Wildman–Crippen MR) is 133 cm³/mol. The molecule has 2 aliphatic heterocycles. The summed E-state index contributed by atoms with van der Waals surface area (Å²) >= 11 is 6.29. The van der Waals surface area contributed by atoms with E-state index in [1.54, 1.807) is 40.7 Å². The summed E-state index contributed by atoms with van der Waals surface area (Å²) in [5.74, 6) is -0.0462. The summed E-state index contributed by atoms with van der Waals surface area (Å²) in [5, 5.41) is 0.721. The van der Waals surface area contributed by atoms with Gasteiger partial charge in [0.25, 0.3) is 0 Å².